The zero-order chi connectivity index (χ0) is 13.1. The summed E-state index contributed by atoms with van der Waals surface area (Å²) >= 11 is 0. The van der Waals surface area contributed by atoms with Crippen LogP contribution >= 0.6 is 0 Å². The molecule has 1 nitrogen and oxygen atoms in total. The molecule has 0 radical (unpaired) electrons. The molecule has 0 aliphatic heterocycles. The second kappa shape index (κ2) is 5.12. The average molecular weight is 252 g/mol. The van der Waals surface area contributed by atoms with Gasteiger partial charge >= 0.3 is 0 Å². The van der Waals surface area contributed by atoms with Gasteiger partial charge < -0.3 is 4.74 Å². The van der Waals surface area contributed by atoms with Crippen LogP contribution in [-0.4, -0.2) is 0 Å². The normalized spacial score (nSPS) is 10.4. The maximum Gasteiger partial charge on any atom is 0.169 e. The van der Waals surface area contributed by atoms with Crippen LogP contribution in [0.5, 0.6) is 11.5 Å². The molecule has 0 aromatic heterocycles. The first-order chi connectivity index (χ1) is 8.60. The van der Waals surface area contributed by atoms with E-state index in [2.05, 4.69) is 0 Å². The van der Waals surface area contributed by atoms with Gasteiger partial charge in [0.05, 0.1) is 0 Å². The van der Waals surface area contributed by atoms with Crippen molar-refractivity contribution in [2.24, 2.45) is 0 Å². The van der Waals surface area contributed by atoms with Crippen molar-refractivity contribution in [2.45, 2.75) is 13.3 Å². The summed E-state index contributed by atoms with van der Waals surface area (Å²) in [7, 11) is 0. The third-order valence-electron chi connectivity index (χ3n) is 2.48. The molecule has 0 fully saturated rings. The number of benzene rings is 2. The quantitative estimate of drug-likeness (QED) is 0.783. The van der Waals surface area contributed by atoms with E-state index in [0.29, 0.717) is 6.42 Å². The Hall–Kier alpha value is -1.97. The number of hydrogen-bond acceptors (Lipinski definition) is 1. The molecule has 4 heteroatoms. The highest BCUT2D eigenvalue weighted by Crippen LogP contribution is 2.28. The minimum Gasteiger partial charge on any atom is -0.454 e. The van der Waals surface area contributed by atoms with Gasteiger partial charge in [-0.15, -0.1) is 0 Å². The molecule has 0 aliphatic rings. The second-order valence-electron chi connectivity index (χ2n) is 3.79. The molecular weight excluding hydrogens is 241 g/mol. The fourth-order valence-corrected chi connectivity index (χ4v) is 1.61. The molecule has 0 heterocycles. The highest BCUT2D eigenvalue weighted by atomic mass is 19.1. The molecule has 0 saturated carbocycles. The fourth-order valence-electron chi connectivity index (χ4n) is 1.61. The van der Waals surface area contributed by atoms with Crippen molar-refractivity contribution in [2.75, 3.05) is 0 Å². The lowest BCUT2D eigenvalue weighted by molar-refractivity contribution is 0.429. The van der Waals surface area contributed by atoms with Gasteiger partial charge in [0.15, 0.2) is 11.6 Å². The largest absolute Gasteiger partial charge is 0.454 e. The maximum atomic E-state index is 13.9. The van der Waals surface area contributed by atoms with Crippen molar-refractivity contribution in [3.05, 3.63) is 59.4 Å². The van der Waals surface area contributed by atoms with Gasteiger partial charge in [0.25, 0.3) is 0 Å². The monoisotopic (exact) mass is 252 g/mol. The van der Waals surface area contributed by atoms with Gasteiger partial charge in [-0.3, -0.25) is 0 Å². The number of aryl methyl sites for hydroxylation is 1. The van der Waals surface area contributed by atoms with E-state index in [9.17, 15) is 13.2 Å². The van der Waals surface area contributed by atoms with E-state index in [0.717, 1.165) is 18.2 Å². The van der Waals surface area contributed by atoms with Crippen LogP contribution in [0.2, 0.25) is 0 Å². The van der Waals surface area contributed by atoms with Crippen LogP contribution in [0, 0.1) is 17.5 Å². The van der Waals surface area contributed by atoms with Crippen LogP contribution < -0.4 is 4.74 Å². The lowest BCUT2D eigenvalue weighted by Gasteiger charge is -2.09. The Kier molecular flexibility index (Phi) is 3.55. The summed E-state index contributed by atoms with van der Waals surface area (Å²) in [5.74, 6) is -1.82. The maximum absolute atomic E-state index is 13.9. The molecule has 0 atom stereocenters. The summed E-state index contributed by atoms with van der Waals surface area (Å²) in [6.07, 6.45) is 0.350. The molecule has 0 amide bonds. The molecule has 2 aromatic carbocycles. The highest BCUT2D eigenvalue weighted by molar-refractivity contribution is 5.36. The Bertz CT molecular complexity index is 567. The van der Waals surface area contributed by atoms with E-state index in [-0.39, 0.29) is 17.1 Å². The molecule has 0 spiro atoms. The summed E-state index contributed by atoms with van der Waals surface area (Å²) in [5, 5.41) is 0. The van der Waals surface area contributed by atoms with Crippen molar-refractivity contribution in [3.63, 3.8) is 0 Å². The number of hydrogen-bond donors (Lipinski definition) is 0. The van der Waals surface area contributed by atoms with E-state index in [1.54, 1.807) is 6.92 Å². The Morgan fingerprint density at radius 3 is 2.44 bits per heavy atom. The topological polar surface area (TPSA) is 9.23 Å². The lowest BCUT2D eigenvalue weighted by atomic mass is 10.1. The third-order valence-corrected chi connectivity index (χ3v) is 2.48. The molecule has 0 saturated heterocycles. The summed E-state index contributed by atoms with van der Waals surface area (Å²) in [5.41, 5.74) is 0.224. The van der Waals surface area contributed by atoms with Crippen LogP contribution in [0.4, 0.5) is 13.2 Å². The van der Waals surface area contributed by atoms with Crippen molar-refractivity contribution in [1.29, 1.82) is 0 Å². The van der Waals surface area contributed by atoms with Crippen molar-refractivity contribution >= 4 is 0 Å². The van der Waals surface area contributed by atoms with Gasteiger partial charge in [0.1, 0.15) is 17.4 Å². The van der Waals surface area contributed by atoms with E-state index in [1.165, 1.54) is 18.2 Å². The lowest BCUT2D eigenvalue weighted by Crippen LogP contribution is -1.95. The molecule has 0 bridgehead atoms. The van der Waals surface area contributed by atoms with E-state index in [4.69, 9.17) is 4.74 Å². The van der Waals surface area contributed by atoms with Gasteiger partial charge in [0.2, 0.25) is 0 Å². The summed E-state index contributed by atoms with van der Waals surface area (Å²) in [6, 6.07) is 7.32. The zero-order valence-electron chi connectivity index (χ0n) is 9.71. The minimum atomic E-state index is -0.622. The molecular formula is C14H11F3O. The Balaban J connectivity index is 2.37. The summed E-state index contributed by atoms with van der Waals surface area (Å²) in [4.78, 5) is 0. The van der Waals surface area contributed by atoms with Crippen LogP contribution in [0.1, 0.15) is 12.5 Å². The van der Waals surface area contributed by atoms with Crippen molar-refractivity contribution in [1.82, 2.24) is 0 Å². The summed E-state index contributed by atoms with van der Waals surface area (Å²) in [6.45, 7) is 1.71. The zero-order valence-corrected chi connectivity index (χ0v) is 9.71. The SMILES string of the molecule is CCc1cc(F)cc(Oc2cccc(F)c2)c1F. The van der Waals surface area contributed by atoms with Gasteiger partial charge in [-0.1, -0.05) is 13.0 Å². The molecule has 0 N–H and O–H groups in total. The standard InChI is InChI=1S/C14H11F3O/c1-2-9-6-11(16)8-13(14(9)17)18-12-5-3-4-10(15)7-12/h3-8H,2H2,1H3. The Morgan fingerprint density at radius 1 is 1.00 bits per heavy atom. The first-order valence-electron chi connectivity index (χ1n) is 5.51. The average Bonchev–Trinajstić information content (AvgIpc) is 2.33. The van der Waals surface area contributed by atoms with Gasteiger partial charge in [-0.05, 0) is 30.2 Å². The Morgan fingerprint density at radius 2 is 1.78 bits per heavy atom. The molecule has 2 rings (SSSR count). The van der Waals surface area contributed by atoms with Gasteiger partial charge in [0, 0.05) is 12.1 Å². The van der Waals surface area contributed by atoms with Crippen LogP contribution in [0.25, 0.3) is 0 Å². The van der Waals surface area contributed by atoms with E-state index >= 15 is 0 Å². The molecule has 18 heavy (non-hydrogen) atoms. The van der Waals surface area contributed by atoms with Gasteiger partial charge in [-0.2, -0.15) is 0 Å². The molecule has 0 unspecified atom stereocenters. The smallest absolute Gasteiger partial charge is 0.169 e. The third kappa shape index (κ3) is 2.64. The molecule has 2 aromatic rings. The Labute approximate surface area is 103 Å². The van der Waals surface area contributed by atoms with E-state index in [1.807, 2.05) is 0 Å². The first-order valence-corrected chi connectivity index (χ1v) is 5.51. The number of ether oxygens (including phenoxy) is 1. The van der Waals surface area contributed by atoms with Crippen molar-refractivity contribution < 1.29 is 17.9 Å². The predicted octanol–water partition coefficient (Wildman–Crippen LogP) is 4.46. The highest BCUT2D eigenvalue weighted by Gasteiger charge is 2.12. The van der Waals surface area contributed by atoms with Crippen LogP contribution in [-0.2, 0) is 6.42 Å². The van der Waals surface area contributed by atoms with E-state index < -0.39 is 17.5 Å². The van der Waals surface area contributed by atoms with Crippen LogP contribution in [0.15, 0.2) is 36.4 Å². The van der Waals surface area contributed by atoms with Crippen LogP contribution in [0.3, 0.4) is 0 Å². The van der Waals surface area contributed by atoms with Crippen molar-refractivity contribution in [3.8, 4) is 11.5 Å². The second-order valence-corrected chi connectivity index (χ2v) is 3.79. The summed E-state index contributed by atoms with van der Waals surface area (Å²) < 4.78 is 45.2. The minimum absolute atomic E-state index is 0.126. The first kappa shape index (κ1) is 12.5. The number of rotatable bonds is 3. The predicted molar refractivity (Wildman–Crippen MR) is 62.2 cm³/mol. The fraction of sp³-hybridized carbons (Fsp3) is 0.143. The molecule has 94 valence electrons. The van der Waals surface area contributed by atoms with Gasteiger partial charge in [-0.25, -0.2) is 13.2 Å². The molecule has 0 aliphatic carbocycles. The number of halogens is 3.